The fourth-order valence-electron chi connectivity index (χ4n) is 2.16. The summed E-state index contributed by atoms with van der Waals surface area (Å²) in [6.45, 7) is 0.0505. The van der Waals surface area contributed by atoms with Gasteiger partial charge in [-0.3, -0.25) is 4.68 Å². The lowest BCUT2D eigenvalue weighted by Gasteiger charge is -2.16. The first kappa shape index (κ1) is 15.4. The van der Waals surface area contributed by atoms with Gasteiger partial charge in [0.1, 0.15) is 17.6 Å². The third-order valence-corrected chi connectivity index (χ3v) is 4.75. The van der Waals surface area contributed by atoms with Gasteiger partial charge in [0.05, 0.1) is 11.2 Å². The molecule has 8 heteroatoms. The molecule has 1 atom stereocenters. The Morgan fingerprint density at radius 2 is 2.00 bits per heavy atom. The van der Waals surface area contributed by atoms with Gasteiger partial charge in [0.15, 0.2) is 0 Å². The second-order valence-corrected chi connectivity index (χ2v) is 6.59. The van der Waals surface area contributed by atoms with Gasteiger partial charge < -0.3 is 4.42 Å². The van der Waals surface area contributed by atoms with Crippen LogP contribution in [0.3, 0.4) is 0 Å². The number of furan rings is 1. The monoisotopic (exact) mass is 335 g/mol. The summed E-state index contributed by atoms with van der Waals surface area (Å²) in [5.74, 6) is 0.0875. The summed E-state index contributed by atoms with van der Waals surface area (Å²) < 4.78 is 47.0. The van der Waals surface area contributed by atoms with Crippen molar-refractivity contribution in [1.29, 1.82) is 0 Å². The molecular formula is C15H14FN3O3S. The Balaban J connectivity index is 1.80. The molecule has 0 aliphatic carbocycles. The van der Waals surface area contributed by atoms with E-state index in [1.165, 1.54) is 18.4 Å². The third kappa shape index (κ3) is 3.49. The lowest BCUT2D eigenvalue weighted by Crippen LogP contribution is -2.31. The molecule has 0 radical (unpaired) electrons. The van der Waals surface area contributed by atoms with Crippen LogP contribution in [0.25, 0.3) is 0 Å². The molecule has 0 saturated carbocycles. The van der Waals surface area contributed by atoms with Gasteiger partial charge in [0.25, 0.3) is 0 Å². The van der Waals surface area contributed by atoms with Crippen LogP contribution in [0, 0.1) is 5.82 Å². The average Bonchev–Trinajstić information content (AvgIpc) is 3.21. The van der Waals surface area contributed by atoms with E-state index < -0.39 is 21.9 Å². The van der Waals surface area contributed by atoms with Gasteiger partial charge in [-0.2, -0.15) is 5.10 Å². The highest BCUT2D eigenvalue weighted by atomic mass is 32.2. The van der Waals surface area contributed by atoms with Crippen LogP contribution in [0.1, 0.15) is 11.8 Å². The van der Waals surface area contributed by atoms with E-state index in [2.05, 4.69) is 9.82 Å². The van der Waals surface area contributed by atoms with E-state index in [1.54, 1.807) is 35.3 Å². The summed E-state index contributed by atoms with van der Waals surface area (Å²) in [5.41, 5.74) is 0. The first-order valence-electron chi connectivity index (χ1n) is 6.84. The lowest BCUT2D eigenvalue weighted by atomic mass is 10.2. The molecule has 120 valence electrons. The number of aromatic nitrogens is 2. The topological polar surface area (TPSA) is 77.1 Å². The number of halogens is 1. The second-order valence-electron chi connectivity index (χ2n) is 4.82. The maximum atomic E-state index is 12.9. The number of benzene rings is 1. The van der Waals surface area contributed by atoms with Gasteiger partial charge in [-0.15, -0.1) is 0 Å². The van der Waals surface area contributed by atoms with Crippen LogP contribution in [0.15, 0.2) is 70.4 Å². The van der Waals surface area contributed by atoms with Crippen molar-refractivity contribution in [3.63, 3.8) is 0 Å². The molecule has 1 unspecified atom stereocenters. The predicted octanol–water partition coefficient (Wildman–Crippen LogP) is 2.18. The van der Waals surface area contributed by atoms with Crippen molar-refractivity contribution in [2.45, 2.75) is 10.9 Å². The van der Waals surface area contributed by atoms with Crippen molar-refractivity contribution in [3.05, 3.63) is 72.7 Å². The molecule has 0 fully saturated rings. The Morgan fingerprint density at radius 1 is 1.22 bits per heavy atom. The molecule has 1 N–H and O–H groups in total. The minimum atomic E-state index is -3.75. The predicted molar refractivity (Wildman–Crippen MR) is 80.7 cm³/mol. The molecule has 1 aromatic carbocycles. The van der Waals surface area contributed by atoms with Crippen molar-refractivity contribution in [1.82, 2.24) is 14.5 Å². The van der Waals surface area contributed by atoms with Gasteiger partial charge in [-0.25, -0.2) is 17.5 Å². The average molecular weight is 335 g/mol. The molecule has 6 nitrogen and oxygen atoms in total. The Kier molecular flexibility index (Phi) is 4.26. The first-order valence-corrected chi connectivity index (χ1v) is 8.32. The van der Waals surface area contributed by atoms with Crippen LogP contribution < -0.4 is 4.72 Å². The highest BCUT2D eigenvalue weighted by Gasteiger charge is 2.21. The van der Waals surface area contributed by atoms with Gasteiger partial charge >= 0.3 is 0 Å². The summed E-state index contributed by atoms with van der Waals surface area (Å²) in [4.78, 5) is -0.00226. The van der Waals surface area contributed by atoms with Gasteiger partial charge in [-0.05, 0) is 42.5 Å². The Labute approximate surface area is 132 Å². The van der Waals surface area contributed by atoms with Crippen molar-refractivity contribution in [2.24, 2.45) is 0 Å². The quantitative estimate of drug-likeness (QED) is 0.749. The summed E-state index contributed by atoms with van der Waals surface area (Å²) in [6, 6.07) is 9.43. The fraction of sp³-hybridized carbons (Fsp3) is 0.133. The van der Waals surface area contributed by atoms with Crippen LogP contribution in [0.5, 0.6) is 0 Å². The molecule has 0 saturated heterocycles. The van der Waals surface area contributed by atoms with Crippen molar-refractivity contribution in [2.75, 3.05) is 6.54 Å². The van der Waals surface area contributed by atoms with Gasteiger partial charge in [0, 0.05) is 18.9 Å². The molecule has 2 heterocycles. The molecule has 3 rings (SSSR count). The van der Waals surface area contributed by atoms with Gasteiger partial charge in [-0.1, -0.05) is 0 Å². The number of nitrogens with one attached hydrogen (secondary N) is 1. The molecule has 0 bridgehead atoms. The van der Waals surface area contributed by atoms with Crippen LogP contribution in [-0.4, -0.2) is 24.7 Å². The number of rotatable bonds is 6. The summed E-state index contributed by atoms with van der Waals surface area (Å²) in [7, 11) is -3.75. The van der Waals surface area contributed by atoms with Crippen molar-refractivity contribution in [3.8, 4) is 0 Å². The second kappa shape index (κ2) is 6.35. The minimum absolute atomic E-state index is 0.00226. The number of nitrogens with zero attached hydrogens (tertiary/aromatic N) is 2. The largest absolute Gasteiger partial charge is 0.467 e. The highest BCUT2D eigenvalue weighted by Crippen LogP contribution is 2.18. The van der Waals surface area contributed by atoms with E-state index in [9.17, 15) is 12.8 Å². The zero-order chi connectivity index (χ0) is 16.3. The van der Waals surface area contributed by atoms with E-state index in [1.807, 2.05) is 0 Å². The van der Waals surface area contributed by atoms with Gasteiger partial charge in [0.2, 0.25) is 10.0 Å². The summed E-state index contributed by atoms with van der Waals surface area (Å²) >= 11 is 0. The Hall–Kier alpha value is -2.45. The number of sulfonamides is 1. The van der Waals surface area contributed by atoms with Crippen LogP contribution >= 0.6 is 0 Å². The van der Waals surface area contributed by atoms with Crippen molar-refractivity contribution >= 4 is 10.0 Å². The highest BCUT2D eigenvalue weighted by molar-refractivity contribution is 7.89. The van der Waals surface area contributed by atoms with Crippen LogP contribution in [0.2, 0.25) is 0 Å². The molecule has 2 aromatic heterocycles. The zero-order valence-corrected chi connectivity index (χ0v) is 12.8. The maximum Gasteiger partial charge on any atom is 0.240 e. The van der Waals surface area contributed by atoms with E-state index >= 15 is 0 Å². The maximum absolute atomic E-state index is 12.9. The molecular weight excluding hydrogens is 321 g/mol. The van der Waals surface area contributed by atoms with Crippen LogP contribution in [0.4, 0.5) is 4.39 Å². The van der Waals surface area contributed by atoms with E-state index in [0.717, 1.165) is 12.1 Å². The molecule has 0 aliphatic rings. The zero-order valence-electron chi connectivity index (χ0n) is 12.0. The van der Waals surface area contributed by atoms with Crippen LogP contribution in [-0.2, 0) is 10.0 Å². The Morgan fingerprint density at radius 3 is 2.61 bits per heavy atom. The lowest BCUT2D eigenvalue weighted by molar-refractivity contribution is 0.402. The summed E-state index contributed by atoms with van der Waals surface area (Å²) in [6.07, 6.45) is 4.84. The number of hydrogen-bond donors (Lipinski definition) is 1. The molecule has 3 aromatic rings. The van der Waals surface area contributed by atoms with Crippen molar-refractivity contribution < 1.29 is 17.2 Å². The standard InChI is InChI=1S/C15H14FN3O3S/c16-12-4-6-13(7-5-12)23(20,21)18-11-14(15-3-1-10-22-15)19-9-2-8-17-19/h1-10,14,18H,11H2. The molecule has 23 heavy (non-hydrogen) atoms. The normalized spacial score (nSPS) is 13.1. The summed E-state index contributed by atoms with van der Waals surface area (Å²) in [5, 5.41) is 4.13. The first-order chi connectivity index (χ1) is 11.1. The number of hydrogen-bond acceptors (Lipinski definition) is 4. The third-order valence-electron chi connectivity index (χ3n) is 3.31. The van der Waals surface area contributed by atoms with E-state index in [-0.39, 0.29) is 11.4 Å². The molecule has 0 spiro atoms. The smallest absolute Gasteiger partial charge is 0.240 e. The molecule has 0 aliphatic heterocycles. The SMILES string of the molecule is O=S(=O)(NCC(c1ccco1)n1cccn1)c1ccc(F)cc1. The molecule has 0 amide bonds. The Bertz CT molecular complexity index is 810. The minimum Gasteiger partial charge on any atom is -0.467 e. The van der Waals surface area contributed by atoms with E-state index in [4.69, 9.17) is 4.42 Å². The van der Waals surface area contributed by atoms with E-state index in [0.29, 0.717) is 5.76 Å². The fourth-order valence-corrected chi connectivity index (χ4v) is 3.19.